The number of nitrogens with zero attached hydrogens (tertiary/aromatic N) is 2. The standard InChI is InChI=1S/C15H15F2N3OS/c16-14(17)21-11-6-4-10(5-7-11)12-9-22-15(19-12)20-13-3-1-2-8-18-13/h4-7,9,14H,1-3,8H2,(H,18,19,20). The van der Waals surface area contributed by atoms with E-state index >= 15 is 0 Å². The molecule has 7 heteroatoms. The largest absolute Gasteiger partial charge is 0.435 e. The molecule has 0 radical (unpaired) electrons. The molecule has 0 aliphatic carbocycles. The quantitative estimate of drug-likeness (QED) is 0.907. The third kappa shape index (κ3) is 3.79. The van der Waals surface area contributed by atoms with Gasteiger partial charge in [-0.3, -0.25) is 4.99 Å². The number of aliphatic imine (C=N–C) groups is 1. The first-order chi connectivity index (χ1) is 10.7. The molecule has 2 heterocycles. The SMILES string of the molecule is FC(F)Oc1ccc(-c2csc(NC3=NCCCC3)n2)cc1. The van der Waals surface area contributed by atoms with Crippen molar-refractivity contribution in [1.82, 2.24) is 4.98 Å². The average Bonchev–Trinajstić information content (AvgIpc) is 2.97. The molecule has 1 aliphatic heterocycles. The minimum absolute atomic E-state index is 0.142. The number of alkyl halides is 2. The third-order valence-electron chi connectivity index (χ3n) is 3.26. The van der Waals surface area contributed by atoms with Crippen LogP contribution >= 0.6 is 11.3 Å². The molecule has 0 unspecified atom stereocenters. The zero-order valence-electron chi connectivity index (χ0n) is 11.8. The van der Waals surface area contributed by atoms with Crippen molar-refractivity contribution in [2.45, 2.75) is 25.9 Å². The van der Waals surface area contributed by atoms with Crippen LogP contribution in [-0.2, 0) is 0 Å². The van der Waals surface area contributed by atoms with Gasteiger partial charge in [0.1, 0.15) is 11.6 Å². The summed E-state index contributed by atoms with van der Waals surface area (Å²) in [6, 6.07) is 6.46. The molecule has 1 aliphatic rings. The number of benzene rings is 1. The Bertz CT molecular complexity index is 655. The Balaban J connectivity index is 1.69. The normalized spacial score (nSPS) is 14.8. The summed E-state index contributed by atoms with van der Waals surface area (Å²) < 4.78 is 28.6. The summed E-state index contributed by atoms with van der Waals surface area (Å²) in [5.41, 5.74) is 1.66. The van der Waals surface area contributed by atoms with E-state index in [9.17, 15) is 8.78 Å². The van der Waals surface area contributed by atoms with Gasteiger partial charge in [-0.05, 0) is 37.1 Å². The molecule has 0 atom stereocenters. The predicted octanol–water partition coefficient (Wildman–Crippen LogP) is 4.41. The number of anilines is 1. The minimum atomic E-state index is -2.81. The lowest BCUT2D eigenvalue weighted by molar-refractivity contribution is -0.0498. The molecule has 22 heavy (non-hydrogen) atoms. The maximum atomic E-state index is 12.1. The summed E-state index contributed by atoms with van der Waals surface area (Å²) in [6.07, 6.45) is 3.24. The lowest BCUT2D eigenvalue weighted by atomic mass is 10.2. The van der Waals surface area contributed by atoms with Crippen molar-refractivity contribution < 1.29 is 13.5 Å². The van der Waals surface area contributed by atoms with Gasteiger partial charge in [0, 0.05) is 23.9 Å². The van der Waals surface area contributed by atoms with E-state index in [0.717, 1.165) is 48.0 Å². The monoisotopic (exact) mass is 323 g/mol. The van der Waals surface area contributed by atoms with Crippen molar-refractivity contribution in [2.75, 3.05) is 11.9 Å². The van der Waals surface area contributed by atoms with Crippen molar-refractivity contribution in [2.24, 2.45) is 4.99 Å². The number of ether oxygens (including phenoxy) is 1. The molecule has 0 saturated carbocycles. The van der Waals surface area contributed by atoms with Crippen molar-refractivity contribution in [3.05, 3.63) is 29.6 Å². The van der Waals surface area contributed by atoms with Gasteiger partial charge < -0.3 is 10.1 Å². The van der Waals surface area contributed by atoms with Crippen LogP contribution in [0.2, 0.25) is 0 Å². The Morgan fingerprint density at radius 1 is 1.18 bits per heavy atom. The van der Waals surface area contributed by atoms with E-state index in [1.54, 1.807) is 12.1 Å². The second-order valence-corrected chi connectivity index (χ2v) is 5.71. The summed E-state index contributed by atoms with van der Waals surface area (Å²) >= 11 is 1.50. The number of rotatable bonds is 4. The van der Waals surface area contributed by atoms with Crippen LogP contribution in [0.15, 0.2) is 34.6 Å². The van der Waals surface area contributed by atoms with Crippen LogP contribution in [0, 0.1) is 0 Å². The Morgan fingerprint density at radius 3 is 2.68 bits per heavy atom. The minimum Gasteiger partial charge on any atom is -0.435 e. The molecule has 2 aromatic rings. The van der Waals surface area contributed by atoms with E-state index in [0.29, 0.717) is 0 Å². The van der Waals surface area contributed by atoms with Crippen LogP contribution in [0.4, 0.5) is 13.9 Å². The first-order valence-corrected chi connectivity index (χ1v) is 7.90. The maximum Gasteiger partial charge on any atom is 0.387 e. The van der Waals surface area contributed by atoms with Crippen molar-refractivity contribution in [3.63, 3.8) is 0 Å². The molecule has 0 spiro atoms. The maximum absolute atomic E-state index is 12.1. The van der Waals surface area contributed by atoms with Gasteiger partial charge in [0.05, 0.1) is 5.69 Å². The number of halogens is 2. The fourth-order valence-corrected chi connectivity index (χ4v) is 2.93. The summed E-state index contributed by atoms with van der Waals surface area (Å²) in [5, 5.41) is 5.96. The van der Waals surface area contributed by atoms with E-state index in [2.05, 4.69) is 20.0 Å². The number of hydrogen-bond acceptors (Lipinski definition) is 5. The fourth-order valence-electron chi connectivity index (χ4n) is 2.19. The topological polar surface area (TPSA) is 46.5 Å². The van der Waals surface area contributed by atoms with Crippen LogP contribution in [0.1, 0.15) is 19.3 Å². The van der Waals surface area contributed by atoms with Crippen LogP contribution in [0.5, 0.6) is 5.75 Å². The summed E-state index contributed by atoms with van der Waals surface area (Å²) in [6.45, 7) is -1.94. The lowest BCUT2D eigenvalue weighted by Crippen LogP contribution is -2.15. The molecular formula is C15H15F2N3OS. The van der Waals surface area contributed by atoms with Gasteiger partial charge in [-0.1, -0.05) is 0 Å². The Labute approximate surface area is 130 Å². The predicted molar refractivity (Wildman–Crippen MR) is 84.0 cm³/mol. The molecule has 1 aromatic heterocycles. The Morgan fingerprint density at radius 2 is 2.00 bits per heavy atom. The highest BCUT2D eigenvalue weighted by atomic mass is 32.1. The number of thiazole rings is 1. The number of amidine groups is 1. The molecule has 116 valence electrons. The number of hydrogen-bond donors (Lipinski definition) is 1. The van der Waals surface area contributed by atoms with E-state index < -0.39 is 6.61 Å². The van der Waals surface area contributed by atoms with Gasteiger partial charge in [-0.25, -0.2) is 4.98 Å². The van der Waals surface area contributed by atoms with Crippen molar-refractivity contribution in [3.8, 4) is 17.0 Å². The zero-order valence-corrected chi connectivity index (χ0v) is 12.6. The Hall–Kier alpha value is -2.02. The second kappa shape index (κ2) is 6.83. The average molecular weight is 323 g/mol. The van der Waals surface area contributed by atoms with E-state index in [1.807, 2.05) is 5.38 Å². The van der Waals surface area contributed by atoms with Gasteiger partial charge in [0.25, 0.3) is 0 Å². The van der Waals surface area contributed by atoms with E-state index in [-0.39, 0.29) is 5.75 Å². The van der Waals surface area contributed by atoms with E-state index in [1.165, 1.54) is 23.5 Å². The Kier molecular flexibility index (Phi) is 4.62. The smallest absolute Gasteiger partial charge is 0.387 e. The fraction of sp³-hybridized carbons (Fsp3) is 0.333. The highest BCUT2D eigenvalue weighted by Gasteiger charge is 2.10. The molecule has 0 saturated heterocycles. The van der Waals surface area contributed by atoms with Crippen LogP contribution in [-0.4, -0.2) is 24.0 Å². The van der Waals surface area contributed by atoms with Crippen LogP contribution < -0.4 is 10.1 Å². The zero-order chi connectivity index (χ0) is 15.4. The van der Waals surface area contributed by atoms with Gasteiger partial charge >= 0.3 is 6.61 Å². The highest BCUT2D eigenvalue weighted by molar-refractivity contribution is 7.14. The van der Waals surface area contributed by atoms with Crippen molar-refractivity contribution >= 4 is 22.3 Å². The molecular weight excluding hydrogens is 308 g/mol. The molecule has 3 rings (SSSR count). The highest BCUT2D eigenvalue weighted by Crippen LogP contribution is 2.27. The van der Waals surface area contributed by atoms with E-state index in [4.69, 9.17) is 0 Å². The first-order valence-electron chi connectivity index (χ1n) is 7.02. The first kappa shape index (κ1) is 14.9. The molecule has 0 fully saturated rings. The lowest BCUT2D eigenvalue weighted by Gasteiger charge is -2.11. The summed E-state index contributed by atoms with van der Waals surface area (Å²) in [5.74, 6) is 1.12. The van der Waals surface area contributed by atoms with Crippen LogP contribution in [0.3, 0.4) is 0 Å². The number of aromatic nitrogens is 1. The van der Waals surface area contributed by atoms with Gasteiger partial charge in [0.15, 0.2) is 5.13 Å². The molecule has 0 amide bonds. The van der Waals surface area contributed by atoms with Gasteiger partial charge in [-0.2, -0.15) is 8.78 Å². The van der Waals surface area contributed by atoms with Gasteiger partial charge in [0.2, 0.25) is 0 Å². The molecule has 1 N–H and O–H groups in total. The molecule has 1 aromatic carbocycles. The van der Waals surface area contributed by atoms with Crippen LogP contribution in [0.25, 0.3) is 11.3 Å². The number of nitrogens with one attached hydrogen (secondary N) is 1. The third-order valence-corrected chi connectivity index (χ3v) is 4.01. The molecule has 0 bridgehead atoms. The van der Waals surface area contributed by atoms with Crippen molar-refractivity contribution in [1.29, 1.82) is 0 Å². The molecule has 4 nitrogen and oxygen atoms in total. The summed E-state index contributed by atoms with van der Waals surface area (Å²) in [7, 11) is 0. The van der Waals surface area contributed by atoms with Gasteiger partial charge in [-0.15, -0.1) is 11.3 Å². The summed E-state index contributed by atoms with van der Waals surface area (Å²) in [4.78, 5) is 8.93. The second-order valence-electron chi connectivity index (χ2n) is 4.85.